The van der Waals surface area contributed by atoms with Crippen molar-refractivity contribution < 1.29 is 0 Å². The molecule has 0 heterocycles. The lowest BCUT2D eigenvalue weighted by Crippen LogP contribution is -2.21. The molecule has 0 radical (unpaired) electrons. The van der Waals surface area contributed by atoms with E-state index in [4.69, 9.17) is 0 Å². The van der Waals surface area contributed by atoms with Gasteiger partial charge in [-0.15, -0.1) is 0 Å². The Balaban J connectivity index is 2.24. The van der Waals surface area contributed by atoms with E-state index >= 15 is 0 Å². The molecule has 0 aliphatic heterocycles. The van der Waals surface area contributed by atoms with Gasteiger partial charge in [-0.05, 0) is 23.3 Å². The van der Waals surface area contributed by atoms with Gasteiger partial charge in [0, 0.05) is 0 Å². The van der Waals surface area contributed by atoms with Crippen LogP contribution in [0.3, 0.4) is 0 Å². The molecule has 0 nitrogen and oxygen atoms in total. The van der Waals surface area contributed by atoms with Crippen LogP contribution in [0.25, 0.3) is 0 Å². The van der Waals surface area contributed by atoms with E-state index < -0.39 is 0 Å². The predicted octanol–water partition coefficient (Wildman–Crippen LogP) is 4.31. The topological polar surface area (TPSA) is 0 Å². The van der Waals surface area contributed by atoms with Crippen molar-refractivity contribution >= 4 is 0 Å². The van der Waals surface area contributed by atoms with Crippen molar-refractivity contribution in [1.29, 1.82) is 0 Å². The third kappa shape index (κ3) is 2.04. The summed E-state index contributed by atoms with van der Waals surface area (Å²) in [5, 5.41) is 0. The molecular formula is C15H18. The molecule has 0 saturated carbocycles. The van der Waals surface area contributed by atoms with Crippen LogP contribution < -0.4 is 0 Å². The maximum atomic E-state index is 2.34. The van der Waals surface area contributed by atoms with Gasteiger partial charge in [-0.25, -0.2) is 0 Å². The van der Waals surface area contributed by atoms with Gasteiger partial charge in [-0.2, -0.15) is 0 Å². The summed E-state index contributed by atoms with van der Waals surface area (Å²) in [4.78, 5) is 0. The second-order valence-electron chi connectivity index (χ2n) is 4.63. The molecule has 0 heteroatoms. The third-order valence-electron chi connectivity index (χ3n) is 3.57. The first-order valence-electron chi connectivity index (χ1n) is 5.62. The lowest BCUT2D eigenvalue weighted by molar-refractivity contribution is 0.355. The highest BCUT2D eigenvalue weighted by atomic mass is 14.3. The minimum absolute atomic E-state index is 0.274. The van der Waals surface area contributed by atoms with Crippen molar-refractivity contribution in [2.24, 2.45) is 5.41 Å². The Hall–Kier alpha value is -1.30. The van der Waals surface area contributed by atoms with Crippen LogP contribution >= 0.6 is 0 Å². The van der Waals surface area contributed by atoms with Gasteiger partial charge in [-0.3, -0.25) is 0 Å². The van der Waals surface area contributed by atoms with Crippen LogP contribution in [-0.2, 0) is 0 Å². The molecule has 0 spiro atoms. The van der Waals surface area contributed by atoms with E-state index in [-0.39, 0.29) is 5.41 Å². The van der Waals surface area contributed by atoms with Crippen LogP contribution in [0, 0.1) is 5.41 Å². The molecule has 0 fully saturated rings. The summed E-state index contributed by atoms with van der Waals surface area (Å²) in [6.07, 6.45) is 10.0. The standard InChI is InChI=1S/C15H18/c1-13(14-9-5-3-6-10-14)15(2)11-7-4-8-12-15/h3-11,13H,12H2,1-2H3/t13?,15-/m0/s1. The van der Waals surface area contributed by atoms with Crippen molar-refractivity contribution in [1.82, 2.24) is 0 Å². The lowest BCUT2D eigenvalue weighted by atomic mass is 9.71. The van der Waals surface area contributed by atoms with E-state index in [1.165, 1.54) is 5.56 Å². The van der Waals surface area contributed by atoms with E-state index in [1.54, 1.807) is 0 Å². The minimum atomic E-state index is 0.274. The Bertz CT molecular complexity index is 372. The Labute approximate surface area is 92.3 Å². The molecular weight excluding hydrogens is 180 g/mol. The molecule has 0 bridgehead atoms. The number of benzene rings is 1. The van der Waals surface area contributed by atoms with Crippen LogP contribution in [-0.4, -0.2) is 0 Å². The molecule has 1 aromatic rings. The molecule has 1 aliphatic rings. The predicted molar refractivity (Wildman–Crippen MR) is 65.9 cm³/mol. The summed E-state index contributed by atoms with van der Waals surface area (Å²) < 4.78 is 0. The second-order valence-corrected chi connectivity index (χ2v) is 4.63. The fourth-order valence-corrected chi connectivity index (χ4v) is 2.19. The smallest absolute Gasteiger partial charge is 0.00429 e. The molecule has 1 unspecified atom stereocenters. The van der Waals surface area contributed by atoms with Gasteiger partial charge in [0.15, 0.2) is 0 Å². The highest BCUT2D eigenvalue weighted by Gasteiger charge is 2.28. The summed E-state index contributed by atoms with van der Waals surface area (Å²) in [7, 11) is 0. The first-order chi connectivity index (χ1) is 7.22. The van der Waals surface area contributed by atoms with Gasteiger partial charge in [0.2, 0.25) is 0 Å². The largest absolute Gasteiger partial charge is 0.0837 e. The van der Waals surface area contributed by atoms with Crippen LogP contribution in [0.15, 0.2) is 54.6 Å². The SMILES string of the molecule is CC(c1ccccc1)[C@@]1(C)C=CC=CC1. The Morgan fingerprint density at radius 2 is 1.87 bits per heavy atom. The first-order valence-corrected chi connectivity index (χ1v) is 5.62. The summed E-state index contributed by atoms with van der Waals surface area (Å²) >= 11 is 0. The molecule has 78 valence electrons. The van der Waals surface area contributed by atoms with Crippen LogP contribution in [0.4, 0.5) is 0 Å². The zero-order valence-electron chi connectivity index (χ0n) is 9.48. The number of allylic oxidation sites excluding steroid dienone is 4. The van der Waals surface area contributed by atoms with Crippen LogP contribution in [0.2, 0.25) is 0 Å². The Kier molecular flexibility index (Phi) is 2.77. The van der Waals surface area contributed by atoms with Gasteiger partial charge in [-0.1, -0.05) is 68.5 Å². The molecule has 1 aromatic carbocycles. The number of hydrogen-bond acceptors (Lipinski definition) is 0. The quantitative estimate of drug-likeness (QED) is 0.664. The monoisotopic (exact) mass is 198 g/mol. The average molecular weight is 198 g/mol. The molecule has 0 saturated heterocycles. The van der Waals surface area contributed by atoms with Gasteiger partial charge in [0.25, 0.3) is 0 Å². The normalized spacial score (nSPS) is 26.5. The highest BCUT2D eigenvalue weighted by molar-refractivity contribution is 5.27. The van der Waals surface area contributed by atoms with Crippen LogP contribution in [0.1, 0.15) is 31.7 Å². The third-order valence-corrected chi connectivity index (χ3v) is 3.57. The maximum Gasteiger partial charge on any atom is -0.00429 e. The zero-order valence-corrected chi connectivity index (χ0v) is 9.48. The van der Waals surface area contributed by atoms with E-state index in [2.05, 4.69) is 68.5 Å². The van der Waals surface area contributed by atoms with Gasteiger partial charge in [0.05, 0.1) is 0 Å². The average Bonchev–Trinajstić information content (AvgIpc) is 2.30. The fourth-order valence-electron chi connectivity index (χ4n) is 2.19. The van der Waals surface area contributed by atoms with Gasteiger partial charge < -0.3 is 0 Å². The number of hydrogen-bond donors (Lipinski definition) is 0. The molecule has 2 atom stereocenters. The van der Waals surface area contributed by atoms with E-state index in [0.29, 0.717) is 5.92 Å². The first kappa shape index (κ1) is 10.2. The molecule has 0 amide bonds. The maximum absolute atomic E-state index is 2.34. The van der Waals surface area contributed by atoms with Crippen molar-refractivity contribution in [2.75, 3.05) is 0 Å². The molecule has 0 aromatic heterocycles. The van der Waals surface area contributed by atoms with Crippen molar-refractivity contribution in [3.63, 3.8) is 0 Å². The van der Waals surface area contributed by atoms with E-state index in [1.807, 2.05) is 0 Å². The van der Waals surface area contributed by atoms with E-state index in [0.717, 1.165) is 6.42 Å². The van der Waals surface area contributed by atoms with E-state index in [9.17, 15) is 0 Å². The van der Waals surface area contributed by atoms with Gasteiger partial charge >= 0.3 is 0 Å². The summed E-state index contributed by atoms with van der Waals surface area (Å²) in [6, 6.07) is 10.8. The Morgan fingerprint density at radius 1 is 1.13 bits per heavy atom. The van der Waals surface area contributed by atoms with Crippen molar-refractivity contribution in [3.8, 4) is 0 Å². The van der Waals surface area contributed by atoms with Crippen molar-refractivity contribution in [2.45, 2.75) is 26.2 Å². The van der Waals surface area contributed by atoms with Crippen LogP contribution in [0.5, 0.6) is 0 Å². The molecule has 1 aliphatic carbocycles. The summed E-state index contributed by atoms with van der Waals surface area (Å²) in [6.45, 7) is 4.66. The summed E-state index contributed by atoms with van der Waals surface area (Å²) in [5.74, 6) is 0.569. The second kappa shape index (κ2) is 4.06. The minimum Gasteiger partial charge on any atom is -0.0837 e. The van der Waals surface area contributed by atoms with Gasteiger partial charge in [0.1, 0.15) is 0 Å². The van der Waals surface area contributed by atoms with Crippen molar-refractivity contribution in [3.05, 3.63) is 60.2 Å². The molecule has 15 heavy (non-hydrogen) atoms. The number of rotatable bonds is 2. The highest BCUT2D eigenvalue weighted by Crippen LogP contribution is 2.41. The lowest BCUT2D eigenvalue weighted by Gasteiger charge is -2.33. The summed E-state index contributed by atoms with van der Waals surface area (Å²) in [5.41, 5.74) is 1.70. The zero-order chi connectivity index (χ0) is 10.7. The fraction of sp³-hybridized carbons (Fsp3) is 0.333. The molecule has 2 rings (SSSR count). The molecule has 0 N–H and O–H groups in total. The Morgan fingerprint density at radius 3 is 2.47 bits per heavy atom.